The summed E-state index contributed by atoms with van der Waals surface area (Å²) in [6.07, 6.45) is 1.61. The van der Waals surface area contributed by atoms with E-state index in [-0.39, 0.29) is 29.2 Å². The molecule has 9 heteroatoms. The number of amides is 2. The molecule has 1 aliphatic heterocycles. The first kappa shape index (κ1) is 23.7. The van der Waals surface area contributed by atoms with Gasteiger partial charge in [0.15, 0.2) is 6.61 Å². The number of hydrogen-bond donors (Lipinski definition) is 1. The summed E-state index contributed by atoms with van der Waals surface area (Å²) >= 11 is 0. The van der Waals surface area contributed by atoms with Crippen LogP contribution in [0.25, 0.3) is 0 Å². The molecule has 2 aromatic carbocycles. The molecule has 2 aromatic rings. The zero-order valence-electron chi connectivity index (χ0n) is 18.4. The molecule has 2 amide bonds. The number of ether oxygens (including phenoxy) is 1. The third-order valence-electron chi connectivity index (χ3n) is 5.52. The number of benzene rings is 2. The number of rotatable bonds is 8. The molecule has 1 fully saturated rings. The highest BCUT2D eigenvalue weighted by molar-refractivity contribution is 7.89. The van der Waals surface area contributed by atoms with Crippen molar-refractivity contribution in [1.29, 1.82) is 0 Å². The summed E-state index contributed by atoms with van der Waals surface area (Å²) in [6.45, 7) is 1.80. The molecule has 0 unspecified atom stereocenters. The molecule has 3 rings (SSSR count). The minimum absolute atomic E-state index is 0.0188. The number of likely N-dealkylation sites (tertiary alicyclic amines) is 1. The first-order valence-electron chi connectivity index (χ1n) is 10.5. The third-order valence-corrected chi connectivity index (χ3v) is 7.35. The number of para-hydroxylation sites is 1. The quantitative estimate of drug-likeness (QED) is 0.651. The van der Waals surface area contributed by atoms with Gasteiger partial charge in [0.2, 0.25) is 10.0 Å². The standard InChI is InChI=1S/C23H29N3O5S/c1-25(2)32(29,30)21-10-8-19(9-11-21)23(28)24-16-18-12-14-26(15-13-18)22(27)17-31-20-6-4-3-5-7-20/h3-11,18H,12-17H2,1-2H3,(H,24,28). The van der Waals surface area contributed by atoms with Gasteiger partial charge in [0.25, 0.3) is 11.8 Å². The fourth-order valence-electron chi connectivity index (χ4n) is 3.47. The molecule has 0 atom stereocenters. The molecule has 0 aromatic heterocycles. The van der Waals surface area contributed by atoms with E-state index in [0.717, 1.165) is 17.1 Å². The van der Waals surface area contributed by atoms with Gasteiger partial charge in [-0.05, 0) is 55.2 Å². The van der Waals surface area contributed by atoms with Crippen LogP contribution in [0.4, 0.5) is 0 Å². The van der Waals surface area contributed by atoms with Crippen LogP contribution in [0.15, 0.2) is 59.5 Å². The highest BCUT2D eigenvalue weighted by Gasteiger charge is 2.24. The van der Waals surface area contributed by atoms with E-state index in [1.807, 2.05) is 30.3 Å². The van der Waals surface area contributed by atoms with Gasteiger partial charge in [0.1, 0.15) is 5.75 Å². The highest BCUT2D eigenvalue weighted by atomic mass is 32.2. The summed E-state index contributed by atoms with van der Waals surface area (Å²) < 4.78 is 30.9. The van der Waals surface area contributed by atoms with E-state index < -0.39 is 10.0 Å². The van der Waals surface area contributed by atoms with Crippen molar-refractivity contribution in [3.05, 3.63) is 60.2 Å². The first-order valence-corrected chi connectivity index (χ1v) is 12.0. The van der Waals surface area contributed by atoms with E-state index in [1.54, 1.807) is 4.90 Å². The molecule has 1 aliphatic rings. The van der Waals surface area contributed by atoms with E-state index in [0.29, 0.717) is 30.9 Å². The average Bonchev–Trinajstić information content (AvgIpc) is 2.82. The van der Waals surface area contributed by atoms with Crippen LogP contribution in [-0.4, -0.2) is 69.8 Å². The summed E-state index contributed by atoms with van der Waals surface area (Å²) in [5, 5.41) is 2.91. The number of carbonyl (C=O) groups excluding carboxylic acids is 2. The Hall–Kier alpha value is -2.91. The lowest BCUT2D eigenvalue weighted by Gasteiger charge is -2.32. The van der Waals surface area contributed by atoms with Gasteiger partial charge in [-0.15, -0.1) is 0 Å². The van der Waals surface area contributed by atoms with Crippen molar-refractivity contribution in [2.24, 2.45) is 5.92 Å². The van der Waals surface area contributed by atoms with Gasteiger partial charge in [0.05, 0.1) is 4.90 Å². The third kappa shape index (κ3) is 6.08. The van der Waals surface area contributed by atoms with Crippen molar-refractivity contribution < 1.29 is 22.7 Å². The molecule has 0 aliphatic carbocycles. The predicted octanol–water partition coefficient (Wildman–Crippen LogP) is 1.98. The van der Waals surface area contributed by atoms with Crippen molar-refractivity contribution in [2.45, 2.75) is 17.7 Å². The Labute approximate surface area is 189 Å². The molecule has 0 bridgehead atoms. The SMILES string of the molecule is CN(C)S(=O)(=O)c1ccc(C(=O)NCC2CCN(C(=O)COc3ccccc3)CC2)cc1. The van der Waals surface area contributed by atoms with Gasteiger partial charge in [-0.3, -0.25) is 9.59 Å². The lowest BCUT2D eigenvalue weighted by atomic mass is 9.96. The summed E-state index contributed by atoms with van der Waals surface area (Å²) in [6, 6.07) is 15.1. The lowest BCUT2D eigenvalue weighted by Crippen LogP contribution is -2.43. The maximum atomic E-state index is 12.4. The van der Waals surface area contributed by atoms with Crippen molar-refractivity contribution in [3.8, 4) is 5.75 Å². The Morgan fingerprint density at radius 1 is 1.03 bits per heavy atom. The molecule has 1 N–H and O–H groups in total. The Bertz CT molecular complexity index is 1020. The van der Waals surface area contributed by atoms with E-state index in [9.17, 15) is 18.0 Å². The van der Waals surface area contributed by atoms with Gasteiger partial charge < -0.3 is 15.0 Å². The largest absolute Gasteiger partial charge is 0.484 e. The van der Waals surface area contributed by atoms with Crippen LogP contribution in [0.2, 0.25) is 0 Å². The Morgan fingerprint density at radius 3 is 2.25 bits per heavy atom. The molecular formula is C23H29N3O5S. The smallest absolute Gasteiger partial charge is 0.260 e. The normalized spacial score (nSPS) is 14.9. The van der Waals surface area contributed by atoms with Gasteiger partial charge >= 0.3 is 0 Å². The zero-order valence-corrected chi connectivity index (χ0v) is 19.2. The van der Waals surface area contributed by atoms with Crippen molar-refractivity contribution in [2.75, 3.05) is 40.3 Å². The minimum Gasteiger partial charge on any atom is -0.484 e. The van der Waals surface area contributed by atoms with Crippen LogP contribution in [0.3, 0.4) is 0 Å². The number of nitrogens with one attached hydrogen (secondary N) is 1. The van der Waals surface area contributed by atoms with E-state index in [1.165, 1.54) is 38.4 Å². The minimum atomic E-state index is -3.52. The fourth-order valence-corrected chi connectivity index (χ4v) is 4.37. The molecular weight excluding hydrogens is 430 g/mol. The summed E-state index contributed by atoms with van der Waals surface area (Å²) in [4.78, 5) is 26.7. The maximum Gasteiger partial charge on any atom is 0.260 e. The molecule has 0 spiro atoms. The molecule has 1 saturated heterocycles. The molecule has 1 heterocycles. The maximum absolute atomic E-state index is 12.4. The van der Waals surface area contributed by atoms with E-state index in [2.05, 4.69) is 5.32 Å². The molecule has 172 valence electrons. The van der Waals surface area contributed by atoms with Crippen molar-refractivity contribution in [1.82, 2.24) is 14.5 Å². The topological polar surface area (TPSA) is 96.0 Å². The molecule has 0 saturated carbocycles. The number of nitrogens with zero attached hydrogens (tertiary/aromatic N) is 2. The predicted molar refractivity (Wildman–Crippen MR) is 121 cm³/mol. The number of piperidine rings is 1. The molecule has 0 radical (unpaired) electrons. The van der Waals surface area contributed by atoms with Crippen molar-refractivity contribution in [3.63, 3.8) is 0 Å². The lowest BCUT2D eigenvalue weighted by molar-refractivity contribution is -0.134. The Morgan fingerprint density at radius 2 is 1.66 bits per heavy atom. The first-order chi connectivity index (χ1) is 15.3. The van der Waals surface area contributed by atoms with E-state index in [4.69, 9.17) is 4.74 Å². The fraction of sp³-hybridized carbons (Fsp3) is 0.391. The van der Waals surface area contributed by atoms with Crippen LogP contribution >= 0.6 is 0 Å². The second-order valence-electron chi connectivity index (χ2n) is 7.95. The second kappa shape index (κ2) is 10.6. The van der Waals surface area contributed by atoms with Gasteiger partial charge in [-0.2, -0.15) is 0 Å². The number of sulfonamides is 1. The Balaban J connectivity index is 1.41. The van der Waals surface area contributed by atoms with Crippen LogP contribution < -0.4 is 10.1 Å². The van der Waals surface area contributed by atoms with Gasteiger partial charge in [-0.1, -0.05) is 18.2 Å². The van der Waals surface area contributed by atoms with Crippen LogP contribution in [0.1, 0.15) is 23.2 Å². The summed E-state index contributed by atoms with van der Waals surface area (Å²) in [5.41, 5.74) is 0.411. The molecule has 8 nitrogen and oxygen atoms in total. The number of carbonyl (C=O) groups is 2. The van der Waals surface area contributed by atoms with E-state index >= 15 is 0 Å². The van der Waals surface area contributed by atoms with Crippen molar-refractivity contribution >= 4 is 21.8 Å². The Kier molecular flexibility index (Phi) is 7.87. The average molecular weight is 460 g/mol. The van der Waals surface area contributed by atoms with Crippen LogP contribution in [-0.2, 0) is 14.8 Å². The summed E-state index contributed by atoms with van der Waals surface area (Å²) in [5.74, 6) is 0.676. The second-order valence-corrected chi connectivity index (χ2v) is 10.1. The van der Waals surface area contributed by atoms with Gasteiger partial charge in [0, 0.05) is 39.3 Å². The molecule has 32 heavy (non-hydrogen) atoms. The highest BCUT2D eigenvalue weighted by Crippen LogP contribution is 2.18. The zero-order chi connectivity index (χ0) is 23.1. The van der Waals surface area contributed by atoms with Gasteiger partial charge in [-0.25, -0.2) is 12.7 Å². The van der Waals surface area contributed by atoms with Crippen LogP contribution in [0.5, 0.6) is 5.75 Å². The summed E-state index contributed by atoms with van der Waals surface area (Å²) in [7, 11) is -0.594. The van der Waals surface area contributed by atoms with Crippen LogP contribution in [0, 0.1) is 5.92 Å². The monoisotopic (exact) mass is 459 g/mol. The number of hydrogen-bond acceptors (Lipinski definition) is 5.